The molecule has 90 valence electrons. The number of rotatable bonds is 3. The number of hydrogen-bond donors (Lipinski definition) is 0. The maximum atomic E-state index is 10.9. The minimum absolute atomic E-state index is 0.249. The summed E-state index contributed by atoms with van der Waals surface area (Å²) in [5, 5.41) is 10.9. The molecule has 0 amide bonds. The van der Waals surface area contributed by atoms with Crippen molar-refractivity contribution in [3.63, 3.8) is 0 Å². The number of imidazole rings is 1. The summed E-state index contributed by atoms with van der Waals surface area (Å²) >= 11 is 0. The van der Waals surface area contributed by atoms with E-state index in [0.29, 0.717) is 6.42 Å². The van der Waals surface area contributed by atoms with Gasteiger partial charge in [0.05, 0.1) is 6.42 Å². The Hall–Kier alpha value is -1.91. The van der Waals surface area contributed by atoms with Crippen LogP contribution in [0.15, 0.2) is 24.5 Å². The third-order valence-corrected chi connectivity index (χ3v) is 2.85. The smallest absolute Gasteiger partial charge is 0.222 e. The van der Waals surface area contributed by atoms with Crippen LogP contribution in [0.3, 0.4) is 0 Å². The van der Waals surface area contributed by atoms with E-state index in [1.54, 1.807) is 20.0 Å². The standard InChI is InChI=1S/C12H15N3O2/c1-9-4-5-14-10(8-13-11(14)6-9)7-12(2,3)15(16)17/h4-6,8H,7H2,1-3H3. The normalized spacial score (nSPS) is 11.9. The first-order valence-electron chi connectivity index (χ1n) is 5.47. The van der Waals surface area contributed by atoms with Gasteiger partial charge in [0.25, 0.3) is 0 Å². The second kappa shape index (κ2) is 3.84. The van der Waals surface area contributed by atoms with Gasteiger partial charge in [-0.15, -0.1) is 0 Å². The lowest BCUT2D eigenvalue weighted by Crippen LogP contribution is -2.33. The highest BCUT2D eigenvalue weighted by Gasteiger charge is 2.32. The van der Waals surface area contributed by atoms with Gasteiger partial charge in [-0.25, -0.2) is 4.98 Å². The maximum absolute atomic E-state index is 10.9. The molecule has 2 rings (SSSR count). The van der Waals surface area contributed by atoms with Gasteiger partial charge in [-0.1, -0.05) is 0 Å². The van der Waals surface area contributed by atoms with Crippen molar-refractivity contribution < 1.29 is 4.92 Å². The number of hydrogen-bond acceptors (Lipinski definition) is 3. The van der Waals surface area contributed by atoms with Gasteiger partial charge in [0.15, 0.2) is 0 Å². The van der Waals surface area contributed by atoms with Crippen LogP contribution in [0.1, 0.15) is 25.1 Å². The third-order valence-electron chi connectivity index (χ3n) is 2.85. The van der Waals surface area contributed by atoms with Crippen molar-refractivity contribution in [2.45, 2.75) is 32.7 Å². The van der Waals surface area contributed by atoms with Gasteiger partial charge in [-0.3, -0.25) is 10.1 Å². The zero-order valence-corrected chi connectivity index (χ0v) is 10.2. The fourth-order valence-corrected chi connectivity index (χ4v) is 1.77. The SMILES string of the molecule is Cc1ccn2c(CC(C)(C)[N+](=O)[O-])cnc2c1. The fraction of sp³-hybridized carbons (Fsp3) is 0.417. The molecule has 5 nitrogen and oxygen atoms in total. The molecule has 0 saturated carbocycles. The van der Waals surface area contributed by atoms with E-state index in [9.17, 15) is 10.1 Å². The van der Waals surface area contributed by atoms with Crippen LogP contribution in [0.2, 0.25) is 0 Å². The van der Waals surface area contributed by atoms with E-state index < -0.39 is 5.54 Å². The van der Waals surface area contributed by atoms with Crippen LogP contribution in [0.25, 0.3) is 5.65 Å². The minimum Gasteiger partial charge on any atom is -0.304 e. The van der Waals surface area contributed by atoms with E-state index in [1.807, 2.05) is 29.7 Å². The third kappa shape index (κ3) is 2.13. The van der Waals surface area contributed by atoms with E-state index in [4.69, 9.17) is 0 Å². The highest BCUT2D eigenvalue weighted by Crippen LogP contribution is 2.17. The molecule has 0 N–H and O–H groups in total. The van der Waals surface area contributed by atoms with Gasteiger partial charge in [0, 0.05) is 36.9 Å². The summed E-state index contributed by atoms with van der Waals surface area (Å²) in [6, 6.07) is 3.93. The summed E-state index contributed by atoms with van der Waals surface area (Å²) in [4.78, 5) is 14.9. The molecule has 0 saturated heterocycles. The number of aryl methyl sites for hydroxylation is 1. The van der Waals surface area contributed by atoms with Crippen molar-refractivity contribution >= 4 is 5.65 Å². The molecule has 2 aromatic rings. The number of aromatic nitrogens is 2. The molecule has 0 aliphatic heterocycles. The van der Waals surface area contributed by atoms with Crippen molar-refractivity contribution in [2.24, 2.45) is 0 Å². The van der Waals surface area contributed by atoms with Crippen LogP contribution in [0.5, 0.6) is 0 Å². The summed E-state index contributed by atoms with van der Waals surface area (Å²) in [6.07, 6.45) is 3.98. The summed E-state index contributed by atoms with van der Waals surface area (Å²) in [5.41, 5.74) is 1.85. The molecular formula is C12H15N3O2. The van der Waals surface area contributed by atoms with Gasteiger partial charge < -0.3 is 4.40 Å². The summed E-state index contributed by atoms with van der Waals surface area (Å²) in [7, 11) is 0. The van der Waals surface area contributed by atoms with Gasteiger partial charge in [-0.05, 0) is 24.6 Å². The molecule has 0 aliphatic rings. The second-order valence-electron chi connectivity index (χ2n) is 4.93. The predicted octanol–water partition coefficient (Wildman–Crippen LogP) is 2.24. The molecule has 2 heterocycles. The lowest BCUT2D eigenvalue weighted by Gasteiger charge is -2.14. The van der Waals surface area contributed by atoms with E-state index in [-0.39, 0.29) is 4.92 Å². The molecule has 0 aliphatic carbocycles. The van der Waals surface area contributed by atoms with E-state index in [0.717, 1.165) is 16.9 Å². The topological polar surface area (TPSA) is 60.4 Å². The first-order valence-corrected chi connectivity index (χ1v) is 5.47. The first-order chi connectivity index (χ1) is 7.90. The molecule has 0 radical (unpaired) electrons. The zero-order valence-electron chi connectivity index (χ0n) is 10.2. The van der Waals surface area contributed by atoms with Crippen molar-refractivity contribution in [3.05, 3.63) is 45.9 Å². The fourth-order valence-electron chi connectivity index (χ4n) is 1.77. The van der Waals surface area contributed by atoms with Crippen LogP contribution < -0.4 is 0 Å². The molecular weight excluding hydrogens is 218 g/mol. The Balaban J connectivity index is 2.41. The van der Waals surface area contributed by atoms with Crippen LogP contribution in [0, 0.1) is 17.0 Å². The van der Waals surface area contributed by atoms with Crippen molar-refractivity contribution in [1.82, 2.24) is 9.38 Å². The minimum atomic E-state index is -0.971. The Kier molecular flexibility index (Phi) is 2.61. The number of nitro groups is 1. The van der Waals surface area contributed by atoms with Crippen molar-refractivity contribution in [2.75, 3.05) is 0 Å². The van der Waals surface area contributed by atoms with E-state index >= 15 is 0 Å². The average molecular weight is 233 g/mol. The van der Waals surface area contributed by atoms with Gasteiger partial charge >= 0.3 is 0 Å². The monoisotopic (exact) mass is 233 g/mol. The lowest BCUT2D eigenvalue weighted by molar-refractivity contribution is -0.560. The molecule has 0 unspecified atom stereocenters. The first kappa shape index (κ1) is 11.6. The highest BCUT2D eigenvalue weighted by atomic mass is 16.6. The van der Waals surface area contributed by atoms with E-state index in [1.165, 1.54) is 0 Å². The summed E-state index contributed by atoms with van der Waals surface area (Å²) < 4.78 is 1.90. The van der Waals surface area contributed by atoms with E-state index in [2.05, 4.69) is 4.98 Å². The van der Waals surface area contributed by atoms with Crippen molar-refractivity contribution in [3.8, 4) is 0 Å². The summed E-state index contributed by atoms with van der Waals surface area (Å²) in [6.45, 7) is 5.25. The number of pyridine rings is 1. The molecule has 5 heteroatoms. The molecule has 0 aromatic carbocycles. The van der Waals surface area contributed by atoms with Crippen LogP contribution >= 0.6 is 0 Å². The largest absolute Gasteiger partial charge is 0.304 e. The van der Waals surface area contributed by atoms with Crippen molar-refractivity contribution in [1.29, 1.82) is 0 Å². The number of nitrogens with zero attached hydrogens (tertiary/aromatic N) is 3. The summed E-state index contributed by atoms with van der Waals surface area (Å²) in [5.74, 6) is 0. The number of fused-ring (bicyclic) bond motifs is 1. The molecule has 0 bridgehead atoms. The average Bonchev–Trinajstić information content (AvgIpc) is 2.60. The van der Waals surface area contributed by atoms with Gasteiger partial charge in [-0.2, -0.15) is 0 Å². The van der Waals surface area contributed by atoms with Crippen LogP contribution in [0.4, 0.5) is 0 Å². The Labute approximate surface area is 99.2 Å². The Morgan fingerprint density at radius 3 is 2.88 bits per heavy atom. The van der Waals surface area contributed by atoms with Crippen LogP contribution in [-0.2, 0) is 6.42 Å². The molecule has 0 spiro atoms. The predicted molar refractivity (Wildman–Crippen MR) is 64.7 cm³/mol. The second-order valence-corrected chi connectivity index (χ2v) is 4.93. The quantitative estimate of drug-likeness (QED) is 0.603. The maximum Gasteiger partial charge on any atom is 0.222 e. The molecule has 2 aromatic heterocycles. The lowest BCUT2D eigenvalue weighted by atomic mass is 10.00. The Morgan fingerprint density at radius 2 is 2.24 bits per heavy atom. The zero-order chi connectivity index (χ0) is 12.6. The van der Waals surface area contributed by atoms with Gasteiger partial charge in [0.2, 0.25) is 5.54 Å². The van der Waals surface area contributed by atoms with Crippen LogP contribution in [-0.4, -0.2) is 19.8 Å². The molecule has 0 atom stereocenters. The van der Waals surface area contributed by atoms with Gasteiger partial charge in [0.1, 0.15) is 5.65 Å². The Morgan fingerprint density at radius 1 is 1.53 bits per heavy atom. The molecule has 0 fully saturated rings. The Bertz CT molecular complexity index is 572. The molecule has 17 heavy (non-hydrogen) atoms. The highest BCUT2D eigenvalue weighted by molar-refractivity contribution is 5.43.